The number of carbonyl (C=O) groups excluding carboxylic acids is 3. The van der Waals surface area contributed by atoms with Gasteiger partial charge in [0.15, 0.2) is 60.0 Å². The van der Waals surface area contributed by atoms with E-state index in [1.54, 1.807) is 22.6 Å². The van der Waals surface area contributed by atoms with Crippen molar-refractivity contribution in [3.05, 3.63) is 45.9 Å². The molecule has 0 saturated heterocycles. The quantitative estimate of drug-likeness (QED) is 0.0603. The van der Waals surface area contributed by atoms with Gasteiger partial charge >= 0.3 is 5.97 Å². The van der Waals surface area contributed by atoms with Gasteiger partial charge in [0.25, 0.3) is 0 Å². The van der Waals surface area contributed by atoms with E-state index in [1.807, 2.05) is 0 Å². The maximum atomic E-state index is 15.4. The van der Waals surface area contributed by atoms with Crippen LogP contribution >= 0.6 is 45.3 Å². The molecule has 2 heterocycles. The summed E-state index contributed by atoms with van der Waals surface area (Å²) in [5, 5.41) is 8.82. The Hall–Kier alpha value is -3.77. The minimum Gasteiger partial charge on any atom is -0.493 e. The second kappa shape index (κ2) is 14.3. The molecular formula is C28H23F2IN2O9S2. The lowest BCUT2D eigenvalue weighted by atomic mass is 10.2. The Morgan fingerprint density at radius 3 is 1.64 bits per heavy atom. The number of ether oxygens (including phenoxy) is 4. The summed E-state index contributed by atoms with van der Waals surface area (Å²) in [6.07, 6.45) is -0.661. The molecule has 0 aliphatic heterocycles. The Bertz CT molecular complexity index is 1680. The summed E-state index contributed by atoms with van der Waals surface area (Å²) in [4.78, 5) is 54.8. The number of thiazole rings is 2. The van der Waals surface area contributed by atoms with Gasteiger partial charge in [0.2, 0.25) is 0 Å². The van der Waals surface area contributed by atoms with E-state index in [0.717, 1.165) is 22.7 Å². The number of Topliss-reactive ketones (excluding diaryl/α,β-unsaturated/α-hetero) is 2. The number of ketones is 2. The number of aromatic nitrogens is 2. The van der Waals surface area contributed by atoms with Crippen LogP contribution in [-0.4, -0.2) is 63.8 Å². The number of hydrogen-bond donors (Lipinski definition) is 1. The number of hydrogen-bond acceptors (Lipinski definition) is 12. The van der Waals surface area contributed by atoms with Gasteiger partial charge in [-0.25, -0.2) is 18.7 Å². The summed E-state index contributed by atoms with van der Waals surface area (Å²) >= 11 is 3.47. The number of methoxy groups -OCH3 is 2. The molecule has 2 aromatic heterocycles. The lowest BCUT2D eigenvalue weighted by Crippen LogP contribution is -2.11. The van der Waals surface area contributed by atoms with Crippen LogP contribution < -0.4 is 18.9 Å². The number of nitrogens with zero attached hydrogens (tertiary/aromatic N) is 2. The molecule has 0 bridgehead atoms. The SMILES string of the molecule is C=C(COc1c(OC)cc2sc(C(=O)CCC(=O)O)nc2c1F)COc1c(OC)cc2sc(C(=O)CCC(=O)I)nc2c1F. The van der Waals surface area contributed by atoms with Gasteiger partial charge in [-0.3, -0.25) is 19.2 Å². The summed E-state index contributed by atoms with van der Waals surface area (Å²) in [7, 11) is 2.62. The minimum absolute atomic E-state index is 0.0202. The molecule has 1 N–H and O–H groups in total. The number of halogens is 3. The molecule has 0 radical (unpaired) electrons. The highest BCUT2D eigenvalue weighted by molar-refractivity contribution is 14.1. The van der Waals surface area contributed by atoms with Crippen LogP contribution in [0.1, 0.15) is 45.3 Å². The van der Waals surface area contributed by atoms with E-state index in [1.165, 1.54) is 26.4 Å². The zero-order valence-electron chi connectivity index (χ0n) is 23.2. The summed E-state index contributed by atoms with van der Waals surface area (Å²) in [6.45, 7) is 3.29. The molecule has 4 aromatic rings. The van der Waals surface area contributed by atoms with Gasteiger partial charge in [-0.2, -0.15) is 0 Å². The van der Waals surface area contributed by atoms with Crippen LogP contribution in [-0.2, 0) is 9.59 Å². The van der Waals surface area contributed by atoms with Crippen molar-refractivity contribution in [2.24, 2.45) is 0 Å². The first-order valence-electron chi connectivity index (χ1n) is 12.7. The van der Waals surface area contributed by atoms with Crippen molar-refractivity contribution in [3.8, 4) is 23.0 Å². The maximum Gasteiger partial charge on any atom is 0.303 e. The molecule has 16 heteroatoms. The van der Waals surface area contributed by atoms with Crippen molar-refractivity contribution < 1.29 is 52.0 Å². The largest absolute Gasteiger partial charge is 0.493 e. The zero-order valence-corrected chi connectivity index (χ0v) is 27.0. The van der Waals surface area contributed by atoms with Crippen LogP contribution in [0.5, 0.6) is 23.0 Å². The van der Waals surface area contributed by atoms with E-state index in [-0.39, 0.29) is 98.1 Å². The van der Waals surface area contributed by atoms with Gasteiger partial charge in [-0.05, 0) is 28.2 Å². The van der Waals surface area contributed by atoms with Crippen molar-refractivity contribution in [1.29, 1.82) is 0 Å². The summed E-state index contributed by atoms with van der Waals surface area (Å²) in [5.41, 5.74) is 0.0305. The topological polar surface area (TPSA) is 151 Å². The van der Waals surface area contributed by atoms with Crippen LogP contribution in [0.3, 0.4) is 0 Å². The van der Waals surface area contributed by atoms with Crippen LogP contribution in [0.25, 0.3) is 20.4 Å². The number of benzene rings is 2. The molecule has 0 aliphatic carbocycles. The number of carbonyl (C=O) groups is 4. The van der Waals surface area contributed by atoms with E-state index in [0.29, 0.717) is 9.40 Å². The Labute approximate surface area is 269 Å². The van der Waals surface area contributed by atoms with Gasteiger partial charge < -0.3 is 24.1 Å². The smallest absolute Gasteiger partial charge is 0.303 e. The van der Waals surface area contributed by atoms with Crippen LogP contribution in [0.15, 0.2) is 24.3 Å². The normalized spacial score (nSPS) is 11.0. The molecule has 232 valence electrons. The number of rotatable bonds is 16. The predicted octanol–water partition coefficient (Wildman–Crippen LogP) is 6.19. The van der Waals surface area contributed by atoms with Gasteiger partial charge in [-0.1, -0.05) is 6.58 Å². The molecule has 4 rings (SSSR count). The van der Waals surface area contributed by atoms with Gasteiger partial charge in [0.1, 0.15) is 24.2 Å². The van der Waals surface area contributed by atoms with Crippen molar-refractivity contribution in [1.82, 2.24) is 9.97 Å². The van der Waals surface area contributed by atoms with E-state index in [2.05, 4.69) is 16.5 Å². The fourth-order valence-electron chi connectivity index (χ4n) is 3.82. The molecule has 0 saturated carbocycles. The number of aliphatic carboxylic acids is 1. The zero-order chi connectivity index (χ0) is 32.1. The molecule has 0 fully saturated rings. The monoisotopic (exact) mass is 760 g/mol. The maximum absolute atomic E-state index is 15.4. The second-order valence-electron chi connectivity index (χ2n) is 9.10. The van der Waals surface area contributed by atoms with Gasteiger partial charge in [-0.15, -0.1) is 22.7 Å². The van der Waals surface area contributed by atoms with Crippen molar-refractivity contribution >= 4 is 87.0 Å². The van der Waals surface area contributed by atoms with E-state index >= 15 is 8.78 Å². The third-order valence-corrected chi connectivity index (χ3v) is 8.59. The molecule has 0 unspecified atom stereocenters. The highest BCUT2D eigenvalue weighted by Crippen LogP contribution is 2.40. The van der Waals surface area contributed by atoms with Crippen LogP contribution in [0.4, 0.5) is 8.78 Å². The molecule has 44 heavy (non-hydrogen) atoms. The minimum atomic E-state index is -1.14. The van der Waals surface area contributed by atoms with Crippen LogP contribution in [0.2, 0.25) is 0 Å². The average Bonchev–Trinajstić information content (AvgIpc) is 3.62. The van der Waals surface area contributed by atoms with Crippen molar-refractivity contribution in [2.75, 3.05) is 27.4 Å². The summed E-state index contributed by atoms with van der Waals surface area (Å²) in [6, 6.07) is 2.93. The van der Waals surface area contributed by atoms with E-state index in [9.17, 15) is 19.2 Å². The molecule has 0 spiro atoms. The Kier molecular flexibility index (Phi) is 10.8. The third kappa shape index (κ3) is 7.47. The average molecular weight is 761 g/mol. The molecular weight excluding hydrogens is 737 g/mol. The third-order valence-electron chi connectivity index (χ3n) is 5.97. The molecule has 11 nitrogen and oxygen atoms in total. The number of carboxylic acids is 1. The Morgan fingerprint density at radius 2 is 1.25 bits per heavy atom. The molecule has 0 amide bonds. The number of carboxylic acid groups (broad SMARTS) is 1. The highest BCUT2D eigenvalue weighted by Gasteiger charge is 2.24. The Balaban J connectivity index is 1.48. The predicted molar refractivity (Wildman–Crippen MR) is 166 cm³/mol. The number of fused-ring (bicyclic) bond motifs is 2. The van der Waals surface area contributed by atoms with Crippen molar-refractivity contribution in [2.45, 2.75) is 25.7 Å². The molecule has 0 aliphatic rings. The first-order valence-corrected chi connectivity index (χ1v) is 15.4. The Morgan fingerprint density at radius 1 is 0.818 bits per heavy atom. The first kappa shape index (κ1) is 33.1. The lowest BCUT2D eigenvalue weighted by molar-refractivity contribution is -0.137. The summed E-state index contributed by atoms with van der Waals surface area (Å²) < 4.78 is 53.1. The lowest BCUT2D eigenvalue weighted by Gasteiger charge is -2.15. The van der Waals surface area contributed by atoms with Gasteiger partial charge in [0, 0.05) is 31.4 Å². The second-order valence-corrected chi connectivity index (χ2v) is 12.4. The van der Waals surface area contributed by atoms with E-state index < -0.39 is 23.4 Å². The summed E-state index contributed by atoms with van der Waals surface area (Å²) in [5.74, 6) is -4.32. The fourth-order valence-corrected chi connectivity index (χ4v) is 6.01. The van der Waals surface area contributed by atoms with E-state index in [4.69, 9.17) is 24.1 Å². The highest BCUT2D eigenvalue weighted by atomic mass is 127. The molecule has 2 aromatic carbocycles. The first-order chi connectivity index (χ1) is 20.9. The fraction of sp³-hybridized carbons (Fsp3) is 0.286. The van der Waals surface area contributed by atoms with Crippen molar-refractivity contribution in [3.63, 3.8) is 0 Å². The van der Waals surface area contributed by atoms with Gasteiger partial charge in [0.05, 0.1) is 30.0 Å². The standard InChI is InChI=1S/C28H23F2IN2O9S2/c1-12(10-41-25-15(39-2)8-17-23(21(25)29)32-27(43-17)13(34)4-6-19(31)36)11-42-26-16(40-3)9-18-24(22(26)30)33-28(44-18)14(35)5-7-20(37)38/h8-9H,1,4-7,10-11H2,2-3H3,(H,37,38). The van der Waals surface area contributed by atoms with Crippen LogP contribution in [0, 0.1) is 11.6 Å². The molecule has 0 atom stereocenters.